The highest BCUT2D eigenvalue weighted by Crippen LogP contribution is 2.47. The molecule has 1 heterocycles. The molecule has 3 nitrogen and oxygen atoms in total. The molecule has 1 amide bonds. The standard InChI is InChI=1S/C20H18ClNO2/c1-13-18(19(22)23)20(2,15-8-10-16(21)11-9-15)17(24-13)12-14-6-4-3-5-7-14/h3-12H,1-2H3,(H2,22,23)/b17-12-. The molecule has 2 aromatic carbocycles. The molecular weight excluding hydrogens is 322 g/mol. The van der Waals surface area contributed by atoms with E-state index in [1.54, 1.807) is 19.1 Å². The number of carbonyl (C=O) groups excluding carboxylic acids is 1. The molecule has 0 saturated heterocycles. The number of allylic oxidation sites excluding steroid dienone is 2. The van der Waals surface area contributed by atoms with Crippen LogP contribution in [0.15, 0.2) is 71.7 Å². The number of nitrogens with two attached hydrogens (primary N) is 1. The van der Waals surface area contributed by atoms with Crippen molar-refractivity contribution < 1.29 is 9.53 Å². The average molecular weight is 340 g/mol. The van der Waals surface area contributed by atoms with Crippen LogP contribution in [0.5, 0.6) is 0 Å². The second-order valence-electron chi connectivity index (χ2n) is 5.95. The maximum absolute atomic E-state index is 12.1. The zero-order valence-electron chi connectivity index (χ0n) is 13.5. The third kappa shape index (κ3) is 2.72. The summed E-state index contributed by atoms with van der Waals surface area (Å²) in [5, 5.41) is 0.635. The summed E-state index contributed by atoms with van der Waals surface area (Å²) < 4.78 is 5.95. The summed E-state index contributed by atoms with van der Waals surface area (Å²) in [5.74, 6) is 0.714. The maximum atomic E-state index is 12.1. The molecule has 0 fully saturated rings. The molecule has 4 heteroatoms. The van der Waals surface area contributed by atoms with Crippen LogP contribution in [0.2, 0.25) is 5.02 Å². The molecule has 0 bridgehead atoms. The third-order valence-electron chi connectivity index (χ3n) is 4.37. The number of hydrogen-bond acceptors (Lipinski definition) is 2. The van der Waals surface area contributed by atoms with Gasteiger partial charge in [0.25, 0.3) is 0 Å². The summed E-state index contributed by atoms with van der Waals surface area (Å²) in [6.45, 7) is 3.71. The van der Waals surface area contributed by atoms with Crippen molar-refractivity contribution in [3.05, 3.63) is 87.8 Å². The highest BCUT2D eigenvalue weighted by molar-refractivity contribution is 6.30. The Labute approximate surface area is 146 Å². The Balaban J connectivity index is 2.19. The van der Waals surface area contributed by atoms with E-state index in [1.165, 1.54) is 0 Å². The molecule has 0 saturated carbocycles. The Morgan fingerprint density at radius 3 is 2.33 bits per heavy atom. The largest absolute Gasteiger partial charge is 0.465 e. The molecule has 2 aromatic rings. The first-order chi connectivity index (χ1) is 11.4. The lowest BCUT2D eigenvalue weighted by Crippen LogP contribution is -2.32. The number of hydrogen-bond donors (Lipinski definition) is 1. The molecule has 0 aliphatic carbocycles. The number of benzene rings is 2. The summed E-state index contributed by atoms with van der Waals surface area (Å²) in [6.07, 6.45) is 1.94. The number of primary amides is 1. The summed E-state index contributed by atoms with van der Waals surface area (Å²) in [7, 11) is 0. The molecule has 2 N–H and O–H groups in total. The monoisotopic (exact) mass is 339 g/mol. The van der Waals surface area contributed by atoms with Crippen LogP contribution in [0.4, 0.5) is 0 Å². The van der Waals surface area contributed by atoms with E-state index < -0.39 is 11.3 Å². The second-order valence-corrected chi connectivity index (χ2v) is 6.39. The highest BCUT2D eigenvalue weighted by Gasteiger charge is 2.46. The zero-order chi connectivity index (χ0) is 17.3. The minimum Gasteiger partial charge on any atom is -0.465 e. The van der Waals surface area contributed by atoms with Crippen LogP contribution in [-0.4, -0.2) is 5.91 Å². The first kappa shape index (κ1) is 16.3. The second kappa shape index (κ2) is 6.17. The fourth-order valence-electron chi connectivity index (χ4n) is 3.16. The smallest absolute Gasteiger partial charge is 0.249 e. The average Bonchev–Trinajstić information content (AvgIpc) is 2.80. The van der Waals surface area contributed by atoms with Gasteiger partial charge in [-0.05, 0) is 43.2 Å². The number of ether oxygens (including phenoxy) is 1. The molecule has 3 rings (SSSR count). The topological polar surface area (TPSA) is 52.3 Å². The van der Waals surface area contributed by atoms with Gasteiger partial charge in [-0.1, -0.05) is 54.1 Å². The highest BCUT2D eigenvalue weighted by atomic mass is 35.5. The van der Waals surface area contributed by atoms with Crippen molar-refractivity contribution in [3.63, 3.8) is 0 Å². The summed E-state index contributed by atoms with van der Waals surface area (Å²) >= 11 is 6.01. The molecular formula is C20H18ClNO2. The van der Waals surface area contributed by atoms with E-state index >= 15 is 0 Å². The van der Waals surface area contributed by atoms with Gasteiger partial charge in [0.15, 0.2) is 0 Å². The van der Waals surface area contributed by atoms with Crippen molar-refractivity contribution in [2.75, 3.05) is 0 Å². The number of rotatable bonds is 3. The van der Waals surface area contributed by atoms with Crippen molar-refractivity contribution in [2.45, 2.75) is 19.3 Å². The van der Waals surface area contributed by atoms with Gasteiger partial charge in [-0.15, -0.1) is 0 Å². The van der Waals surface area contributed by atoms with Gasteiger partial charge in [-0.3, -0.25) is 4.79 Å². The fourth-order valence-corrected chi connectivity index (χ4v) is 3.28. The van der Waals surface area contributed by atoms with Gasteiger partial charge < -0.3 is 10.5 Å². The minimum absolute atomic E-state index is 0.465. The van der Waals surface area contributed by atoms with E-state index in [0.717, 1.165) is 11.1 Å². The first-order valence-electron chi connectivity index (χ1n) is 7.65. The van der Waals surface area contributed by atoms with E-state index in [4.69, 9.17) is 22.1 Å². The Hall–Kier alpha value is -2.52. The van der Waals surface area contributed by atoms with Gasteiger partial charge in [0.05, 0.1) is 11.0 Å². The summed E-state index contributed by atoms with van der Waals surface area (Å²) in [5.41, 5.74) is 7.26. The molecule has 1 atom stereocenters. The van der Waals surface area contributed by atoms with Crippen LogP contribution >= 0.6 is 11.6 Å². The van der Waals surface area contributed by atoms with E-state index in [-0.39, 0.29) is 0 Å². The van der Waals surface area contributed by atoms with E-state index in [0.29, 0.717) is 22.1 Å². The van der Waals surface area contributed by atoms with Crippen LogP contribution in [-0.2, 0) is 14.9 Å². The van der Waals surface area contributed by atoms with Crippen molar-refractivity contribution in [2.24, 2.45) is 5.73 Å². The normalized spacial score (nSPS) is 21.9. The molecule has 0 spiro atoms. The predicted molar refractivity (Wildman–Crippen MR) is 96.2 cm³/mol. The van der Waals surface area contributed by atoms with Crippen molar-refractivity contribution in [3.8, 4) is 0 Å². The van der Waals surface area contributed by atoms with Crippen molar-refractivity contribution in [1.29, 1.82) is 0 Å². The van der Waals surface area contributed by atoms with E-state index in [9.17, 15) is 4.79 Å². The SMILES string of the molecule is CC1=C(C(N)=O)C(C)(c2ccc(Cl)cc2)/C(=C/c2ccccc2)O1. The van der Waals surface area contributed by atoms with Gasteiger partial charge in [0.2, 0.25) is 5.91 Å². The van der Waals surface area contributed by atoms with Gasteiger partial charge in [-0.25, -0.2) is 0 Å². The summed E-state index contributed by atoms with van der Waals surface area (Å²) in [4.78, 5) is 12.1. The molecule has 122 valence electrons. The van der Waals surface area contributed by atoms with Crippen molar-refractivity contribution in [1.82, 2.24) is 0 Å². The van der Waals surface area contributed by atoms with Crippen LogP contribution in [0.3, 0.4) is 0 Å². The number of carbonyl (C=O) groups is 1. The van der Waals surface area contributed by atoms with Crippen LogP contribution in [0, 0.1) is 0 Å². The van der Waals surface area contributed by atoms with Gasteiger partial charge in [0.1, 0.15) is 11.5 Å². The Morgan fingerprint density at radius 2 is 1.75 bits per heavy atom. The molecule has 1 aliphatic rings. The van der Waals surface area contributed by atoms with E-state index in [2.05, 4.69) is 0 Å². The van der Waals surface area contributed by atoms with E-state index in [1.807, 2.05) is 55.5 Å². The summed E-state index contributed by atoms with van der Waals surface area (Å²) in [6, 6.07) is 17.2. The molecule has 0 radical (unpaired) electrons. The first-order valence-corrected chi connectivity index (χ1v) is 8.03. The lowest BCUT2D eigenvalue weighted by atomic mass is 9.74. The Bertz CT molecular complexity index is 838. The van der Waals surface area contributed by atoms with Gasteiger partial charge >= 0.3 is 0 Å². The maximum Gasteiger partial charge on any atom is 0.249 e. The third-order valence-corrected chi connectivity index (χ3v) is 4.63. The van der Waals surface area contributed by atoms with Crippen LogP contribution < -0.4 is 5.73 Å². The quantitative estimate of drug-likeness (QED) is 0.899. The van der Waals surface area contributed by atoms with Gasteiger partial charge in [-0.2, -0.15) is 0 Å². The Kier molecular flexibility index (Phi) is 4.20. The predicted octanol–water partition coefficient (Wildman–Crippen LogP) is 4.43. The van der Waals surface area contributed by atoms with Crippen molar-refractivity contribution >= 4 is 23.6 Å². The number of halogens is 1. The van der Waals surface area contributed by atoms with Gasteiger partial charge in [0, 0.05) is 5.02 Å². The Morgan fingerprint density at radius 1 is 1.12 bits per heavy atom. The lowest BCUT2D eigenvalue weighted by molar-refractivity contribution is -0.115. The molecule has 24 heavy (non-hydrogen) atoms. The van der Waals surface area contributed by atoms with Crippen LogP contribution in [0.1, 0.15) is 25.0 Å². The zero-order valence-corrected chi connectivity index (χ0v) is 14.3. The lowest BCUT2D eigenvalue weighted by Gasteiger charge is -2.27. The minimum atomic E-state index is -0.754. The molecule has 1 aliphatic heterocycles. The van der Waals surface area contributed by atoms with Crippen LogP contribution in [0.25, 0.3) is 6.08 Å². The molecule has 1 unspecified atom stereocenters. The molecule has 0 aromatic heterocycles. The number of amides is 1. The fraction of sp³-hybridized carbons (Fsp3) is 0.150.